The van der Waals surface area contributed by atoms with E-state index in [-0.39, 0.29) is 0 Å². The largest absolute Gasteiger partial charge is 0.496 e. The molecule has 0 fully saturated rings. The third-order valence-electron chi connectivity index (χ3n) is 2.78. The summed E-state index contributed by atoms with van der Waals surface area (Å²) in [5.41, 5.74) is 7.59. The monoisotopic (exact) mass is 263 g/mol. The lowest BCUT2D eigenvalue weighted by atomic mass is 9.99. The van der Waals surface area contributed by atoms with Crippen LogP contribution in [-0.2, 0) is 0 Å². The fourth-order valence-electron chi connectivity index (χ4n) is 1.84. The van der Waals surface area contributed by atoms with E-state index in [4.69, 9.17) is 22.1 Å². The Kier molecular flexibility index (Phi) is 3.75. The van der Waals surface area contributed by atoms with Crippen molar-refractivity contribution in [1.29, 1.82) is 0 Å². The van der Waals surface area contributed by atoms with Gasteiger partial charge in [0.05, 0.1) is 7.11 Å². The molecule has 3 nitrogen and oxygen atoms in total. The van der Waals surface area contributed by atoms with Crippen molar-refractivity contribution in [3.05, 3.63) is 58.6 Å². The maximum atomic E-state index is 10.4. The molecule has 0 heterocycles. The van der Waals surface area contributed by atoms with E-state index in [2.05, 4.69) is 0 Å². The minimum atomic E-state index is -0.861. The number of hydrogen-bond acceptors (Lipinski definition) is 3. The fourth-order valence-corrected chi connectivity index (χ4v) is 2.02. The molecule has 1 atom stereocenters. The molecule has 4 heteroatoms. The second kappa shape index (κ2) is 5.29. The summed E-state index contributed by atoms with van der Waals surface area (Å²) in [6, 6.07) is 12.3. The highest BCUT2D eigenvalue weighted by atomic mass is 35.5. The van der Waals surface area contributed by atoms with E-state index in [9.17, 15) is 5.11 Å². The summed E-state index contributed by atoms with van der Waals surface area (Å²) in [4.78, 5) is 0. The normalized spacial score (nSPS) is 12.2. The van der Waals surface area contributed by atoms with Gasteiger partial charge in [0.1, 0.15) is 11.9 Å². The van der Waals surface area contributed by atoms with Crippen LogP contribution in [-0.4, -0.2) is 12.2 Å². The molecule has 94 valence electrons. The fraction of sp³-hybridized carbons (Fsp3) is 0.143. The first-order valence-corrected chi connectivity index (χ1v) is 5.87. The van der Waals surface area contributed by atoms with Gasteiger partial charge in [-0.25, -0.2) is 0 Å². The summed E-state index contributed by atoms with van der Waals surface area (Å²) < 4.78 is 5.22. The highest BCUT2D eigenvalue weighted by Gasteiger charge is 2.17. The van der Waals surface area contributed by atoms with Gasteiger partial charge >= 0.3 is 0 Å². The molecule has 0 saturated carbocycles. The summed E-state index contributed by atoms with van der Waals surface area (Å²) in [7, 11) is 1.56. The third-order valence-corrected chi connectivity index (χ3v) is 3.01. The Morgan fingerprint density at radius 3 is 2.61 bits per heavy atom. The molecule has 0 aliphatic heterocycles. The third kappa shape index (κ3) is 2.42. The molecule has 2 aromatic carbocycles. The highest BCUT2D eigenvalue weighted by molar-refractivity contribution is 6.30. The molecule has 0 aromatic heterocycles. The number of anilines is 1. The zero-order valence-corrected chi connectivity index (χ0v) is 10.7. The molecule has 0 radical (unpaired) electrons. The number of rotatable bonds is 3. The molecule has 18 heavy (non-hydrogen) atoms. The van der Waals surface area contributed by atoms with Crippen LogP contribution in [0.25, 0.3) is 0 Å². The quantitative estimate of drug-likeness (QED) is 0.837. The molecule has 0 aliphatic rings. The van der Waals surface area contributed by atoms with Crippen molar-refractivity contribution in [2.24, 2.45) is 0 Å². The van der Waals surface area contributed by atoms with Crippen LogP contribution in [0, 0.1) is 0 Å². The molecule has 0 amide bonds. The Bertz CT molecular complexity index is 557. The van der Waals surface area contributed by atoms with Gasteiger partial charge < -0.3 is 15.6 Å². The van der Waals surface area contributed by atoms with Crippen LogP contribution in [0.15, 0.2) is 42.5 Å². The Balaban J connectivity index is 2.47. The van der Waals surface area contributed by atoms with Gasteiger partial charge in [-0.2, -0.15) is 0 Å². The second-order valence-electron chi connectivity index (χ2n) is 3.92. The first-order valence-electron chi connectivity index (χ1n) is 5.49. The predicted molar refractivity (Wildman–Crippen MR) is 72.9 cm³/mol. The summed E-state index contributed by atoms with van der Waals surface area (Å²) >= 11 is 5.92. The molecule has 2 rings (SSSR count). The SMILES string of the molecule is COc1ccccc1[C@H](O)c1cc(Cl)ccc1N. The van der Waals surface area contributed by atoms with Crippen molar-refractivity contribution in [3.8, 4) is 5.75 Å². The van der Waals surface area contributed by atoms with Crippen molar-refractivity contribution in [1.82, 2.24) is 0 Å². The van der Waals surface area contributed by atoms with Gasteiger partial charge in [-0.3, -0.25) is 0 Å². The number of benzene rings is 2. The van der Waals surface area contributed by atoms with E-state index in [1.54, 1.807) is 37.4 Å². The Morgan fingerprint density at radius 1 is 1.17 bits per heavy atom. The molecular weight excluding hydrogens is 250 g/mol. The van der Waals surface area contributed by atoms with Gasteiger partial charge in [0, 0.05) is 21.8 Å². The van der Waals surface area contributed by atoms with Crippen LogP contribution in [0.5, 0.6) is 5.75 Å². The van der Waals surface area contributed by atoms with Gasteiger partial charge in [-0.05, 0) is 24.3 Å². The maximum Gasteiger partial charge on any atom is 0.125 e. The molecule has 0 spiro atoms. The first kappa shape index (κ1) is 12.7. The van der Waals surface area contributed by atoms with Crippen LogP contribution in [0.3, 0.4) is 0 Å². The number of halogens is 1. The lowest BCUT2D eigenvalue weighted by Gasteiger charge is -2.16. The zero-order chi connectivity index (χ0) is 13.1. The highest BCUT2D eigenvalue weighted by Crippen LogP contribution is 2.33. The number of para-hydroxylation sites is 1. The minimum Gasteiger partial charge on any atom is -0.496 e. The predicted octanol–water partition coefficient (Wildman–Crippen LogP) is 3.01. The number of ether oxygens (including phenoxy) is 1. The van der Waals surface area contributed by atoms with Gasteiger partial charge in [-0.1, -0.05) is 29.8 Å². The zero-order valence-electron chi connectivity index (χ0n) is 9.93. The van der Waals surface area contributed by atoms with E-state index >= 15 is 0 Å². The maximum absolute atomic E-state index is 10.4. The van der Waals surface area contributed by atoms with Gasteiger partial charge in [0.25, 0.3) is 0 Å². The lowest BCUT2D eigenvalue weighted by molar-refractivity contribution is 0.215. The molecule has 0 unspecified atom stereocenters. The Morgan fingerprint density at radius 2 is 1.89 bits per heavy atom. The number of aliphatic hydroxyl groups is 1. The number of nitrogens with two attached hydrogens (primary N) is 1. The van der Waals surface area contributed by atoms with Crippen LogP contribution in [0.4, 0.5) is 5.69 Å². The van der Waals surface area contributed by atoms with Gasteiger partial charge in [0.15, 0.2) is 0 Å². The molecule has 2 aromatic rings. The van der Waals surface area contributed by atoms with Crippen LogP contribution < -0.4 is 10.5 Å². The topological polar surface area (TPSA) is 55.5 Å². The molecule has 3 N–H and O–H groups in total. The number of hydrogen-bond donors (Lipinski definition) is 2. The molecule has 0 aliphatic carbocycles. The van der Waals surface area contributed by atoms with E-state index in [1.165, 1.54) is 0 Å². The standard InChI is InChI=1S/C14H14ClNO2/c1-18-13-5-3-2-4-10(13)14(17)11-8-9(15)6-7-12(11)16/h2-8,14,17H,16H2,1H3/t14-/m0/s1. The van der Waals surface area contributed by atoms with Crippen molar-refractivity contribution >= 4 is 17.3 Å². The average Bonchev–Trinajstić information content (AvgIpc) is 2.40. The molecule has 0 bridgehead atoms. The Labute approximate surface area is 111 Å². The lowest BCUT2D eigenvalue weighted by Crippen LogP contribution is -2.05. The summed E-state index contributed by atoms with van der Waals surface area (Å²) in [6.07, 6.45) is -0.861. The Hall–Kier alpha value is -1.71. The van der Waals surface area contributed by atoms with E-state index in [0.717, 1.165) is 0 Å². The number of nitrogen functional groups attached to an aromatic ring is 1. The minimum absolute atomic E-state index is 0.498. The van der Waals surface area contributed by atoms with E-state index in [0.29, 0.717) is 27.6 Å². The van der Waals surface area contributed by atoms with Crippen molar-refractivity contribution < 1.29 is 9.84 Å². The van der Waals surface area contributed by atoms with Crippen LogP contribution in [0.2, 0.25) is 5.02 Å². The number of methoxy groups -OCH3 is 1. The summed E-state index contributed by atoms with van der Waals surface area (Å²) in [5, 5.41) is 10.9. The average molecular weight is 264 g/mol. The van der Waals surface area contributed by atoms with E-state index in [1.807, 2.05) is 12.1 Å². The summed E-state index contributed by atoms with van der Waals surface area (Å²) in [6.45, 7) is 0. The van der Waals surface area contributed by atoms with E-state index < -0.39 is 6.10 Å². The first-order chi connectivity index (χ1) is 8.63. The van der Waals surface area contributed by atoms with Gasteiger partial charge in [0.2, 0.25) is 0 Å². The van der Waals surface area contributed by atoms with Crippen molar-refractivity contribution in [2.75, 3.05) is 12.8 Å². The molecular formula is C14H14ClNO2. The second-order valence-corrected chi connectivity index (χ2v) is 4.35. The summed E-state index contributed by atoms with van der Waals surface area (Å²) in [5.74, 6) is 0.615. The van der Waals surface area contributed by atoms with Crippen LogP contribution in [0.1, 0.15) is 17.2 Å². The number of aliphatic hydroxyl groups excluding tert-OH is 1. The van der Waals surface area contributed by atoms with Gasteiger partial charge in [-0.15, -0.1) is 0 Å². The smallest absolute Gasteiger partial charge is 0.125 e. The van der Waals surface area contributed by atoms with Crippen molar-refractivity contribution in [2.45, 2.75) is 6.10 Å². The van der Waals surface area contributed by atoms with Crippen LogP contribution >= 0.6 is 11.6 Å². The van der Waals surface area contributed by atoms with Crippen molar-refractivity contribution in [3.63, 3.8) is 0 Å². The molecule has 0 saturated heterocycles.